The van der Waals surface area contributed by atoms with Crippen molar-refractivity contribution >= 4 is 11.9 Å². The minimum Gasteiger partial charge on any atom is -0.480 e. The number of rotatable bonds is 3. The first-order valence-corrected chi connectivity index (χ1v) is 6.82. The van der Waals surface area contributed by atoms with Gasteiger partial charge in [-0.2, -0.15) is 0 Å². The predicted octanol–water partition coefficient (Wildman–Crippen LogP) is 0.888. The van der Waals surface area contributed by atoms with E-state index in [4.69, 9.17) is 0 Å². The molecule has 18 heavy (non-hydrogen) atoms. The van der Waals surface area contributed by atoms with Crippen LogP contribution in [0.3, 0.4) is 0 Å². The number of hydrogen-bond donors (Lipinski definition) is 3. The molecule has 1 aliphatic heterocycles. The zero-order chi connectivity index (χ0) is 13.2. The van der Waals surface area contributed by atoms with Crippen molar-refractivity contribution in [1.29, 1.82) is 0 Å². The fourth-order valence-electron chi connectivity index (χ4n) is 2.88. The molecular weight excluding hydrogens is 232 g/mol. The van der Waals surface area contributed by atoms with Crippen LogP contribution in [0.15, 0.2) is 0 Å². The average molecular weight is 254 g/mol. The molecule has 0 aromatic carbocycles. The Kier molecular flexibility index (Phi) is 3.90. The van der Waals surface area contributed by atoms with E-state index in [0.29, 0.717) is 18.8 Å². The fourth-order valence-corrected chi connectivity index (χ4v) is 2.88. The molecule has 1 saturated carbocycles. The number of nitrogens with one attached hydrogen (secondary N) is 2. The van der Waals surface area contributed by atoms with Crippen LogP contribution in [0.1, 0.15) is 45.4 Å². The van der Waals surface area contributed by atoms with Crippen molar-refractivity contribution in [1.82, 2.24) is 10.6 Å². The SMILES string of the molecule is CC1CCC(NC(=O)[C@H]2CCCN2)(C(=O)O)CC1. The third-order valence-corrected chi connectivity index (χ3v) is 4.28. The van der Waals surface area contributed by atoms with E-state index in [1.54, 1.807) is 0 Å². The summed E-state index contributed by atoms with van der Waals surface area (Å²) in [6, 6.07) is -0.208. The van der Waals surface area contributed by atoms with Gasteiger partial charge in [-0.25, -0.2) is 4.79 Å². The second-order valence-corrected chi connectivity index (χ2v) is 5.71. The van der Waals surface area contributed by atoms with Crippen molar-refractivity contribution in [3.05, 3.63) is 0 Å². The Hall–Kier alpha value is -1.10. The summed E-state index contributed by atoms with van der Waals surface area (Å²) in [5.41, 5.74) is -1.03. The van der Waals surface area contributed by atoms with E-state index in [-0.39, 0.29) is 11.9 Å². The first-order valence-electron chi connectivity index (χ1n) is 6.82. The van der Waals surface area contributed by atoms with Gasteiger partial charge in [-0.3, -0.25) is 4.79 Å². The summed E-state index contributed by atoms with van der Waals surface area (Å²) >= 11 is 0. The molecule has 0 unspecified atom stereocenters. The molecule has 0 spiro atoms. The van der Waals surface area contributed by atoms with Gasteiger partial charge in [0.1, 0.15) is 5.54 Å². The average Bonchev–Trinajstić information content (AvgIpc) is 2.85. The highest BCUT2D eigenvalue weighted by Gasteiger charge is 2.43. The summed E-state index contributed by atoms with van der Waals surface area (Å²) in [6.07, 6.45) is 4.60. The second-order valence-electron chi connectivity index (χ2n) is 5.71. The van der Waals surface area contributed by atoms with E-state index >= 15 is 0 Å². The molecule has 1 amide bonds. The van der Waals surface area contributed by atoms with E-state index in [9.17, 15) is 14.7 Å². The van der Waals surface area contributed by atoms with Crippen molar-refractivity contribution in [2.45, 2.75) is 57.0 Å². The van der Waals surface area contributed by atoms with Crippen molar-refractivity contribution in [2.24, 2.45) is 5.92 Å². The topological polar surface area (TPSA) is 78.4 Å². The van der Waals surface area contributed by atoms with Gasteiger partial charge < -0.3 is 15.7 Å². The van der Waals surface area contributed by atoms with E-state index in [2.05, 4.69) is 17.6 Å². The van der Waals surface area contributed by atoms with Gasteiger partial charge >= 0.3 is 5.97 Å². The van der Waals surface area contributed by atoms with Gasteiger partial charge in [-0.05, 0) is 51.0 Å². The quantitative estimate of drug-likeness (QED) is 0.699. The molecule has 0 aromatic heterocycles. The lowest BCUT2D eigenvalue weighted by Gasteiger charge is -2.37. The van der Waals surface area contributed by atoms with Gasteiger partial charge in [0.15, 0.2) is 0 Å². The smallest absolute Gasteiger partial charge is 0.329 e. The fraction of sp³-hybridized carbons (Fsp3) is 0.846. The third kappa shape index (κ3) is 2.66. The third-order valence-electron chi connectivity index (χ3n) is 4.28. The van der Waals surface area contributed by atoms with E-state index in [1.165, 1.54) is 0 Å². The van der Waals surface area contributed by atoms with Crippen molar-refractivity contribution in [3.63, 3.8) is 0 Å². The number of hydrogen-bond acceptors (Lipinski definition) is 3. The summed E-state index contributed by atoms with van der Waals surface area (Å²) in [4.78, 5) is 23.6. The maximum atomic E-state index is 12.1. The Labute approximate surface area is 107 Å². The van der Waals surface area contributed by atoms with Gasteiger partial charge in [0.2, 0.25) is 5.91 Å². The maximum absolute atomic E-state index is 12.1. The highest BCUT2D eigenvalue weighted by Crippen LogP contribution is 2.32. The first-order chi connectivity index (χ1) is 8.53. The van der Waals surface area contributed by atoms with Crippen LogP contribution in [-0.2, 0) is 9.59 Å². The van der Waals surface area contributed by atoms with Crippen LogP contribution in [0, 0.1) is 5.92 Å². The van der Waals surface area contributed by atoms with Gasteiger partial charge in [0, 0.05) is 0 Å². The summed E-state index contributed by atoms with van der Waals surface area (Å²) in [7, 11) is 0. The molecule has 2 rings (SSSR count). The van der Waals surface area contributed by atoms with E-state index < -0.39 is 11.5 Å². The lowest BCUT2D eigenvalue weighted by Crippen LogP contribution is -2.59. The molecule has 1 aliphatic carbocycles. The largest absolute Gasteiger partial charge is 0.480 e. The molecule has 5 nitrogen and oxygen atoms in total. The van der Waals surface area contributed by atoms with E-state index in [1.807, 2.05) is 0 Å². The van der Waals surface area contributed by atoms with Gasteiger partial charge in [0.05, 0.1) is 6.04 Å². The number of amides is 1. The minimum atomic E-state index is -1.03. The Morgan fingerprint density at radius 3 is 2.44 bits per heavy atom. The molecule has 1 heterocycles. The normalized spacial score (nSPS) is 36.3. The maximum Gasteiger partial charge on any atom is 0.329 e. The number of carbonyl (C=O) groups is 2. The highest BCUT2D eigenvalue weighted by molar-refractivity contribution is 5.89. The van der Waals surface area contributed by atoms with Gasteiger partial charge in [-0.15, -0.1) is 0 Å². The standard InChI is InChI=1S/C13H22N2O3/c1-9-4-6-13(7-5-9,12(17)18)15-11(16)10-3-2-8-14-10/h9-10,14H,2-8H2,1H3,(H,15,16)(H,17,18)/t9?,10-,13?/m1/s1. The molecule has 3 N–H and O–H groups in total. The summed E-state index contributed by atoms with van der Waals surface area (Å²) in [6.45, 7) is 2.97. The van der Waals surface area contributed by atoms with Crippen molar-refractivity contribution in [3.8, 4) is 0 Å². The predicted molar refractivity (Wildman–Crippen MR) is 67.2 cm³/mol. The Morgan fingerprint density at radius 1 is 1.28 bits per heavy atom. The second kappa shape index (κ2) is 5.26. The van der Waals surface area contributed by atoms with Gasteiger partial charge in [0.25, 0.3) is 0 Å². The van der Waals surface area contributed by atoms with Crippen LogP contribution in [0.5, 0.6) is 0 Å². The zero-order valence-corrected chi connectivity index (χ0v) is 10.9. The number of carboxylic acids is 1. The molecule has 2 fully saturated rings. The molecule has 102 valence electrons. The molecule has 0 radical (unpaired) electrons. The van der Waals surface area contributed by atoms with Crippen LogP contribution in [0.4, 0.5) is 0 Å². The van der Waals surface area contributed by atoms with Crippen molar-refractivity contribution in [2.75, 3.05) is 6.54 Å². The number of aliphatic carboxylic acids is 1. The van der Waals surface area contributed by atoms with E-state index in [0.717, 1.165) is 32.2 Å². The molecular formula is C13H22N2O3. The molecule has 1 saturated heterocycles. The number of carbonyl (C=O) groups excluding carboxylic acids is 1. The van der Waals surface area contributed by atoms with Crippen molar-refractivity contribution < 1.29 is 14.7 Å². The molecule has 2 aliphatic rings. The van der Waals surface area contributed by atoms with Crippen LogP contribution in [-0.4, -0.2) is 35.1 Å². The molecule has 0 bridgehead atoms. The van der Waals surface area contributed by atoms with Crippen LogP contribution in [0.25, 0.3) is 0 Å². The summed E-state index contributed by atoms with van der Waals surface area (Å²) in [5, 5.41) is 15.3. The first kappa shape index (κ1) is 13.3. The number of carboxylic acid groups (broad SMARTS) is 1. The lowest BCUT2D eigenvalue weighted by atomic mass is 9.77. The summed E-state index contributed by atoms with van der Waals surface area (Å²) < 4.78 is 0. The van der Waals surface area contributed by atoms with Crippen LogP contribution >= 0.6 is 0 Å². The monoisotopic (exact) mass is 254 g/mol. The Morgan fingerprint density at radius 2 is 1.94 bits per heavy atom. The summed E-state index contributed by atoms with van der Waals surface area (Å²) in [5.74, 6) is -0.482. The minimum absolute atomic E-state index is 0.149. The zero-order valence-electron chi connectivity index (χ0n) is 10.9. The van der Waals surface area contributed by atoms with Crippen LogP contribution in [0.2, 0.25) is 0 Å². The lowest BCUT2D eigenvalue weighted by molar-refractivity contribution is -0.150. The molecule has 1 atom stereocenters. The molecule has 0 aromatic rings. The Balaban J connectivity index is 2.01. The van der Waals surface area contributed by atoms with Gasteiger partial charge in [-0.1, -0.05) is 6.92 Å². The Bertz CT molecular complexity index is 329. The van der Waals surface area contributed by atoms with Crippen LogP contribution < -0.4 is 10.6 Å². The molecule has 5 heteroatoms. The highest BCUT2D eigenvalue weighted by atomic mass is 16.4.